The molecule has 1 aliphatic carbocycles. The van der Waals surface area contributed by atoms with Crippen LogP contribution in [0, 0.1) is 22.7 Å². The van der Waals surface area contributed by atoms with Crippen molar-refractivity contribution in [2.24, 2.45) is 11.3 Å². The van der Waals surface area contributed by atoms with Crippen molar-refractivity contribution in [3.63, 3.8) is 0 Å². The van der Waals surface area contributed by atoms with Crippen LogP contribution >= 0.6 is 11.3 Å². The monoisotopic (exact) mass is 235 g/mol. The first kappa shape index (κ1) is 11.1. The molecule has 1 N–H and O–H groups in total. The van der Waals surface area contributed by atoms with Gasteiger partial charge in [0.2, 0.25) is 5.91 Å². The lowest BCUT2D eigenvalue weighted by Crippen LogP contribution is -2.47. The van der Waals surface area contributed by atoms with Crippen LogP contribution in [-0.4, -0.2) is 10.9 Å². The molecule has 1 heterocycles. The third-order valence-electron chi connectivity index (χ3n) is 2.96. The van der Waals surface area contributed by atoms with Gasteiger partial charge < -0.3 is 5.32 Å². The summed E-state index contributed by atoms with van der Waals surface area (Å²) in [7, 11) is 0. The number of rotatable bonds is 3. The molecule has 4 nitrogen and oxygen atoms in total. The zero-order valence-corrected chi connectivity index (χ0v) is 9.88. The molecule has 2 rings (SSSR count). The van der Waals surface area contributed by atoms with Gasteiger partial charge in [-0.2, -0.15) is 5.26 Å². The highest BCUT2D eigenvalue weighted by Crippen LogP contribution is 2.45. The van der Waals surface area contributed by atoms with E-state index in [1.54, 1.807) is 5.51 Å². The standard InChI is InChI=1S/C11H13N3OS/c1-8-2-11(3-8,6-12)10(15)13-4-9-5-16-7-14-9/h5,7-8H,2-4H2,1H3,(H,13,15). The van der Waals surface area contributed by atoms with Crippen LogP contribution in [0.2, 0.25) is 0 Å². The Morgan fingerprint density at radius 2 is 2.56 bits per heavy atom. The van der Waals surface area contributed by atoms with E-state index in [0.717, 1.165) is 5.69 Å². The van der Waals surface area contributed by atoms with Crippen molar-refractivity contribution < 1.29 is 4.79 Å². The maximum absolute atomic E-state index is 11.9. The van der Waals surface area contributed by atoms with E-state index >= 15 is 0 Å². The molecule has 0 bridgehead atoms. The van der Waals surface area contributed by atoms with Crippen molar-refractivity contribution >= 4 is 17.2 Å². The number of hydrogen-bond acceptors (Lipinski definition) is 4. The van der Waals surface area contributed by atoms with Gasteiger partial charge in [-0.1, -0.05) is 6.92 Å². The van der Waals surface area contributed by atoms with Crippen LogP contribution in [0.25, 0.3) is 0 Å². The molecular weight excluding hydrogens is 222 g/mol. The molecule has 0 unspecified atom stereocenters. The minimum absolute atomic E-state index is 0.152. The van der Waals surface area contributed by atoms with Crippen molar-refractivity contribution in [1.29, 1.82) is 5.26 Å². The Morgan fingerprint density at radius 1 is 1.81 bits per heavy atom. The number of nitrogens with one attached hydrogen (secondary N) is 1. The number of thiazole rings is 1. The average Bonchev–Trinajstić information content (AvgIpc) is 2.73. The zero-order valence-electron chi connectivity index (χ0n) is 9.06. The van der Waals surface area contributed by atoms with Crippen molar-refractivity contribution in [3.05, 3.63) is 16.6 Å². The fourth-order valence-corrected chi connectivity index (χ4v) is 2.68. The summed E-state index contributed by atoms with van der Waals surface area (Å²) in [5.41, 5.74) is 1.79. The summed E-state index contributed by atoms with van der Waals surface area (Å²) in [6, 6.07) is 2.15. The highest BCUT2D eigenvalue weighted by molar-refractivity contribution is 7.07. The van der Waals surface area contributed by atoms with Crippen molar-refractivity contribution in [1.82, 2.24) is 10.3 Å². The second-order valence-corrected chi connectivity index (χ2v) is 5.09. The van der Waals surface area contributed by atoms with E-state index in [4.69, 9.17) is 5.26 Å². The maximum Gasteiger partial charge on any atom is 0.240 e. The smallest absolute Gasteiger partial charge is 0.240 e. The van der Waals surface area contributed by atoms with Crippen LogP contribution in [-0.2, 0) is 11.3 Å². The van der Waals surface area contributed by atoms with Crippen LogP contribution in [0.1, 0.15) is 25.5 Å². The summed E-state index contributed by atoms with van der Waals surface area (Å²) >= 11 is 1.50. The fraction of sp³-hybridized carbons (Fsp3) is 0.545. The predicted octanol–water partition coefficient (Wildman–Crippen LogP) is 1.70. The van der Waals surface area contributed by atoms with Gasteiger partial charge in [0.25, 0.3) is 0 Å². The maximum atomic E-state index is 11.9. The van der Waals surface area contributed by atoms with E-state index in [1.807, 2.05) is 5.38 Å². The summed E-state index contributed by atoms with van der Waals surface area (Å²) in [6.07, 6.45) is 1.35. The topological polar surface area (TPSA) is 65.8 Å². The summed E-state index contributed by atoms with van der Waals surface area (Å²) in [6.45, 7) is 2.48. The number of nitriles is 1. The quantitative estimate of drug-likeness (QED) is 0.867. The molecule has 0 saturated heterocycles. The van der Waals surface area contributed by atoms with Crippen molar-refractivity contribution in [3.8, 4) is 6.07 Å². The van der Waals surface area contributed by atoms with Gasteiger partial charge in [-0.05, 0) is 18.8 Å². The fourth-order valence-electron chi connectivity index (χ4n) is 2.12. The number of hydrogen-bond donors (Lipinski definition) is 1. The highest BCUT2D eigenvalue weighted by atomic mass is 32.1. The van der Waals surface area contributed by atoms with Crippen molar-refractivity contribution in [2.75, 3.05) is 0 Å². The number of nitrogens with zero attached hydrogens (tertiary/aromatic N) is 2. The Bertz CT molecular complexity index is 415. The molecule has 1 amide bonds. The van der Waals surface area contributed by atoms with Gasteiger partial charge in [0, 0.05) is 5.38 Å². The van der Waals surface area contributed by atoms with Gasteiger partial charge >= 0.3 is 0 Å². The lowest BCUT2D eigenvalue weighted by Gasteiger charge is -2.39. The molecule has 1 aromatic rings. The zero-order chi connectivity index (χ0) is 11.6. The minimum Gasteiger partial charge on any atom is -0.349 e. The van der Waals surface area contributed by atoms with Crippen LogP contribution in [0.5, 0.6) is 0 Å². The predicted molar refractivity (Wildman–Crippen MR) is 60.4 cm³/mol. The van der Waals surface area contributed by atoms with Crippen LogP contribution in [0.4, 0.5) is 0 Å². The number of carbonyl (C=O) groups is 1. The third kappa shape index (κ3) is 1.93. The lowest BCUT2D eigenvalue weighted by molar-refractivity contribution is -0.134. The van der Waals surface area contributed by atoms with E-state index < -0.39 is 5.41 Å². The van der Waals surface area contributed by atoms with Crippen LogP contribution in [0.15, 0.2) is 10.9 Å². The first-order valence-corrected chi connectivity index (χ1v) is 6.17. The molecule has 0 aromatic carbocycles. The molecule has 16 heavy (non-hydrogen) atoms. The minimum atomic E-state index is -0.782. The molecule has 5 heteroatoms. The summed E-state index contributed by atoms with van der Waals surface area (Å²) in [4.78, 5) is 15.9. The molecule has 1 saturated carbocycles. The molecule has 84 valence electrons. The molecular formula is C11H13N3OS. The average molecular weight is 235 g/mol. The Kier molecular flexibility index (Phi) is 2.92. The van der Waals surface area contributed by atoms with Crippen LogP contribution < -0.4 is 5.32 Å². The van der Waals surface area contributed by atoms with E-state index in [2.05, 4.69) is 23.3 Å². The Balaban J connectivity index is 1.91. The van der Waals surface area contributed by atoms with Crippen LogP contribution in [0.3, 0.4) is 0 Å². The second kappa shape index (κ2) is 4.22. The molecule has 0 aliphatic heterocycles. The Hall–Kier alpha value is -1.41. The molecule has 1 aliphatic rings. The SMILES string of the molecule is CC1CC(C#N)(C(=O)NCc2cscn2)C1. The van der Waals surface area contributed by atoms with Gasteiger partial charge in [-0.3, -0.25) is 4.79 Å². The van der Waals surface area contributed by atoms with E-state index in [-0.39, 0.29) is 5.91 Å². The highest BCUT2D eigenvalue weighted by Gasteiger charge is 2.48. The summed E-state index contributed by atoms with van der Waals surface area (Å²) in [5, 5.41) is 13.7. The summed E-state index contributed by atoms with van der Waals surface area (Å²) < 4.78 is 0. The van der Waals surface area contributed by atoms with E-state index in [1.165, 1.54) is 11.3 Å². The number of amides is 1. The second-order valence-electron chi connectivity index (χ2n) is 4.37. The molecule has 0 spiro atoms. The van der Waals surface area contributed by atoms with Gasteiger partial charge in [0.1, 0.15) is 5.41 Å². The van der Waals surface area contributed by atoms with E-state index in [9.17, 15) is 4.79 Å². The first-order valence-electron chi connectivity index (χ1n) is 5.23. The Morgan fingerprint density at radius 3 is 3.06 bits per heavy atom. The first-order chi connectivity index (χ1) is 7.66. The molecule has 0 radical (unpaired) electrons. The van der Waals surface area contributed by atoms with Crippen molar-refractivity contribution in [2.45, 2.75) is 26.3 Å². The normalized spacial score (nSPS) is 27.9. The molecule has 1 aromatic heterocycles. The lowest BCUT2D eigenvalue weighted by atomic mass is 9.63. The molecule has 0 atom stereocenters. The Labute approximate surface area is 98.3 Å². The molecule has 1 fully saturated rings. The number of aromatic nitrogens is 1. The van der Waals surface area contributed by atoms with Gasteiger partial charge in [0.15, 0.2) is 0 Å². The summed E-state index contributed by atoms with van der Waals surface area (Å²) in [5.74, 6) is 0.325. The number of carbonyl (C=O) groups excluding carboxylic acids is 1. The van der Waals surface area contributed by atoms with Gasteiger partial charge in [-0.15, -0.1) is 11.3 Å². The van der Waals surface area contributed by atoms with Gasteiger partial charge in [-0.25, -0.2) is 4.98 Å². The third-order valence-corrected chi connectivity index (χ3v) is 3.59. The van der Waals surface area contributed by atoms with E-state index in [0.29, 0.717) is 25.3 Å². The largest absolute Gasteiger partial charge is 0.349 e. The van der Waals surface area contributed by atoms with Gasteiger partial charge in [0.05, 0.1) is 23.8 Å².